The van der Waals surface area contributed by atoms with Crippen LogP contribution < -0.4 is 0 Å². The second kappa shape index (κ2) is 3.76. The lowest BCUT2D eigenvalue weighted by molar-refractivity contribution is -0.111. The van der Waals surface area contributed by atoms with Gasteiger partial charge < -0.3 is 4.74 Å². The Hall–Kier alpha value is -0.760. The first-order valence-electron chi connectivity index (χ1n) is 3.72. The Bertz CT molecular complexity index is 264. The molecule has 0 aromatic heterocycles. The number of carbonyl (C=O) groups is 1. The third kappa shape index (κ3) is 1.69. The van der Waals surface area contributed by atoms with Crippen LogP contribution in [0.5, 0.6) is 0 Å². The molecule has 0 amide bonds. The monoisotopic (exact) mass is 186 g/mol. The number of methoxy groups -OCH3 is 1. The van der Waals surface area contributed by atoms with E-state index in [2.05, 4.69) is 0 Å². The highest BCUT2D eigenvalue weighted by atomic mass is 35.5. The highest BCUT2D eigenvalue weighted by Crippen LogP contribution is 2.22. The molecule has 0 radical (unpaired) electrons. The minimum Gasteiger partial charge on any atom is -0.500 e. The number of ether oxygens (including phenoxy) is 1. The first kappa shape index (κ1) is 9.33. The van der Waals surface area contributed by atoms with Gasteiger partial charge in [0.1, 0.15) is 5.76 Å². The van der Waals surface area contributed by atoms with E-state index in [0.29, 0.717) is 17.9 Å². The Kier molecular flexibility index (Phi) is 2.93. The van der Waals surface area contributed by atoms with Gasteiger partial charge in [-0.15, -0.1) is 11.6 Å². The standard InChI is InChI=1S/C9H11ClO2/c1-6-8(11)3-7(5-10)4-9(6)12-2/h3H,4-5H2,1-2H3. The average Bonchev–Trinajstić information content (AvgIpc) is 2.09. The maximum Gasteiger partial charge on any atom is 0.184 e. The van der Waals surface area contributed by atoms with Gasteiger partial charge in [-0.3, -0.25) is 4.79 Å². The van der Waals surface area contributed by atoms with Crippen molar-refractivity contribution < 1.29 is 9.53 Å². The first-order valence-corrected chi connectivity index (χ1v) is 4.26. The summed E-state index contributed by atoms with van der Waals surface area (Å²) in [6.07, 6.45) is 2.25. The zero-order valence-corrected chi connectivity index (χ0v) is 7.94. The third-order valence-corrected chi connectivity index (χ3v) is 2.27. The van der Waals surface area contributed by atoms with E-state index >= 15 is 0 Å². The van der Waals surface area contributed by atoms with Crippen LogP contribution in [-0.4, -0.2) is 18.8 Å². The maximum absolute atomic E-state index is 11.3. The van der Waals surface area contributed by atoms with E-state index in [1.807, 2.05) is 0 Å². The molecule has 0 spiro atoms. The molecule has 0 fully saturated rings. The van der Waals surface area contributed by atoms with Gasteiger partial charge in [-0.1, -0.05) is 0 Å². The lowest BCUT2D eigenvalue weighted by Crippen LogP contribution is -2.09. The molecule has 0 saturated heterocycles. The van der Waals surface area contributed by atoms with E-state index in [4.69, 9.17) is 16.3 Å². The molecule has 0 N–H and O–H groups in total. The van der Waals surface area contributed by atoms with Crippen molar-refractivity contribution in [2.45, 2.75) is 13.3 Å². The largest absolute Gasteiger partial charge is 0.500 e. The molecule has 0 unspecified atom stereocenters. The summed E-state index contributed by atoms with van der Waals surface area (Å²) in [5.41, 5.74) is 1.61. The number of alkyl halides is 1. The van der Waals surface area contributed by atoms with Crippen LogP contribution in [0.2, 0.25) is 0 Å². The van der Waals surface area contributed by atoms with E-state index < -0.39 is 0 Å². The molecule has 1 aliphatic carbocycles. The molecule has 0 atom stereocenters. The predicted octanol–water partition coefficient (Wildman–Crippen LogP) is 2.04. The van der Waals surface area contributed by atoms with Gasteiger partial charge >= 0.3 is 0 Å². The molecule has 3 heteroatoms. The fourth-order valence-electron chi connectivity index (χ4n) is 1.13. The second-order valence-corrected chi connectivity index (χ2v) is 3.00. The van der Waals surface area contributed by atoms with Crippen molar-refractivity contribution in [3.8, 4) is 0 Å². The summed E-state index contributed by atoms with van der Waals surface area (Å²) < 4.78 is 5.07. The van der Waals surface area contributed by atoms with Gasteiger partial charge in [0.05, 0.1) is 7.11 Å². The quantitative estimate of drug-likeness (QED) is 0.617. The van der Waals surface area contributed by atoms with Crippen LogP contribution in [0.4, 0.5) is 0 Å². The molecule has 0 aromatic rings. The molecular formula is C9H11ClO2. The summed E-state index contributed by atoms with van der Waals surface area (Å²) in [4.78, 5) is 11.3. The van der Waals surface area contributed by atoms with E-state index in [0.717, 1.165) is 11.3 Å². The van der Waals surface area contributed by atoms with Crippen molar-refractivity contribution in [1.82, 2.24) is 0 Å². The predicted molar refractivity (Wildman–Crippen MR) is 48.1 cm³/mol. The molecule has 12 heavy (non-hydrogen) atoms. The van der Waals surface area contributed by atoms with Crippen molar-refractivity contribution in [1.29, 1.82) is 0 Å². The van der Waals surface area contributed by atoms with E-state index in [1.54, 1.807) is 20.1 Å². The fourth-order valence-corrected chi connectivity index (χ4v) is 1.30. The molecule has 0 heterocycles. The van der Waals surface area contributed by atoms with Crippen molar-refractivity contribution in [3.63, 3.8) is 0 Å². The highest BCUT2D eigenvalue weighted by Gasteiger charge is 2.17. The Morgan fingerprint density at radius 1 is 1.67 bits per heavy atom. The van der Waals surface area contributed by atoms with E-state index in [9.17, 15) is 4.79 Å². The van der Waals surface area contributed by atoms with Gasteiger partial charge in [-0.25, -0.2) is 0 Å². The molecule has 0 aromatic carbocycles. The van der Waals surface area contributed by atoms with Crippen molar-refractivity contribution >= 4 is 17.4 Å². The van der Waals surface area contributed by atoms with Gasteiger partial charge in [-0.2, -0.15) is 0 Å². The summed E-state index contributed by atoms with van der Waals surface area (Å²) >= 11 is 5.62. The average molecular weight is 187 g/mol. The Balaban J connectivity index is 2.89. The summed E-state index contributed by atoms with van der Waals surface area (Å²) in [5.74, 6) is 1.14. The number of carbonyl (C=O) groups excluding carboxylic acids is 1. The van der Waals surface area contributed by atoms with Crippen molar-refractivity contribution in [2.75, 3.05) is 13.0 Å². The van der Waals surface area contributed by atoms with Crippen molar-refractivity contribution in [2.24, 2.45) is 0 Å². The zero-order chi connectivity index (χ0) is 9.14. The molecule has 0 aliphatic heterocycles. The third-order valence-electron chi connectivity index (χ3n) is 1.93. The van der Waals surface area contributed by atoms with Crippen LogP contribution in [-0.2, 0) is 9.53 Å². The van der Waals surface area contributed by atoms with Gasteiger partial charge in [0.25, 0.3) is 0 Å². The molecule has 1 aliphatic rings. The first-order chi connectivity index (χ1) is 5.69. The summed E-state index contributed by atoms with van der Waals surface area (Å²) in [6.45, 7) is 1.77. The van der Waals surface area contributed by atoms with Crippen LogP contribution in [0, 0.1) is 0 Å². The van der Waals surface area contributed by atoms with E-state index in [1.165, 1.54) is 0 Å². The maximum atomic E-state index is 11.3. The summed E-state index contributed by atoms with van der Waals surface area (Å²) in [5, 5.41) is 0. The Morgan fingerprint density at radius 3 is 2.83 bits per heavy atom. The smallest absolute Gasteiger partial charge is 0.184 e. The Morgan fingerprint density at radius 2 is 2.33 bits per heavy atom. The van der Waals surface area contributed by atoms with Crippen LogP contribution >= 0.6 is 11.6 Å². The van der Waals surface area contributed by atoms with Crippen LogP contribution in [0.1, 0.15) is 13.3 Å². The van der Waals surface area contributed by atoms with Crippen LogP contribution in [0.3, 0.4) is 0 Å². The number of hydrogen-bond donors (Lipinski definition) is 0. The molecule has 0 bridgehead atoms. The lowest BCUT2D eigenvalue weighted by Gasteiger charge is -2.15. The second-order valence-electron chi connectivity index (χ2n) is 2.73. The number of halogens is 1. The van der Waals surface area contributed by atoms with E-state index in [-0.39, 0.29) is 5.78 Å². The molecule has 66 valence electrons. The van der Waals surface area contributed by atoms with Gasteiger partial charge in [-0.05, 0) is 18.6 Å². The molecule has 1 rings (SSSR count). The topological polar surface area (TPSA) is 26.3 Å². The zero-order valence-electron chi connectivity index (χ0n) is 7.19. The molecular weight excluding hydrogens is 176 g/mol. The lowest BCUT2D eigenvalue weighted by atomic mass is 9.98. The van der Waals surface area contributed by atoms with Gasteiger partial charge in [0.2, 0.25) is 0 Å². The number of ketones is 1. The number of allylic oxidation sites excluding steroid dienone is 3. The van der Waals surface area contributed by atoms with Gasteiger partial charge in [0, 0.05) is 17.9 Å². The minimum absolute atomic E-state index is 0.00810. The summed E-state index contributed by atoms with van der Waals surface area (Å²) in [7, 11) is 1.57. The van der Waals surface area contributed by atoms with Crippen LogP contribution in [0.15, 0.2) is 23.0 Å². The Labute approximate surface area is 76.9 Å². The van der Waals surface area contributed by atoms with Crippen LogP contribution in [0.25, 0.3) is 0 Å². The fraction of sp³-hybridized carbons (Fsp3) is 0.444. The van der Waals surface area contributed by atoms with Gasteiger partial charge in [0.15, 0.2) is 5.78 Å². The normalized spacial score (nSPS) is 17.9. The SMILES string of the molecule is COC1=C(C)C(=O)C=C(CCl)C1. The molecule has 0 saturated carbocycles. The summed E-state index contributed by atoms with van der Waals surface area (Å²) in [6, 6.07) is 0. The molecule has 2 nitrogen and oxygen atoms in total. The minimum atomic E-state index is 0.00810. The van der Waals surface area contributed by atoms with Crippen molar-refractivity contribution in [3.05, 3.63) is 23.0 Å². The highest BCUT2D eigenvalue weighted by molar-refractivity contribution is 6.20. The number of hydrogen-bond acceptors (Lipinski definition) is 2. The number of rotatable bonds is 2.